The summed E-state index contributed by atoms with van der Waals surface area (Å²) in [5.74, 6) is -0.101. The number of halogens is 5. The predicted octanol–water partition coefficient (Wildman–Crippen LogP) is 4.49. The summed E-state index contributed by atoms with van der Waals surface area (Å²) >= 11 is 11.0. The number of hydrogen-bond acceptors (Lipinski definition) is 1. The predicted molar refractivity (Wildman–Crippen MR) is 57.9 cm³/mol. The molecule has 0 heterocycles. The Morgan fingerprint density at radius 1 is 1.31 bits per heavy atom. The maximum atomic E-state index is 11.9. The molecule has 1 aromatic carbocycles. The van der Waals surface area contributed by atoms with Crippen LogP contribution in [-0.4, -0.2) is 12.2 Å². The molecule has 0 spiro atoms. The van der Waals surface area contributed by atoms with Crippen LogP contribution in [0.25, 0.3) is 6.08 Å². The largest absolute Gasteiger partial charge is 0.573 e. The highest BCUT2D eigenvalue weighted by Crippen LogP contribution is 2.30. The van der Waals surface area contributed by atoms with Gasteiger partial charge in [-0.3, -0.25) is 0 Å². The molecule has 1 nitrogen and oxygen atoms in total. The fourth-order valence-corrected chi connectivity index (χ4v) is 1.33. The lowest BCUT2D eigenvalue weighted by atomic mass is 10.2. The molecule has 0 radical (unpaired) electrons. The number of benzene rings is 1. The van der Waals surface area contributed by atoms with E-state index in [0.29, 0.717) is 11.4 Å². The van der Waals surface area contributed by atoms with Gasteiger partial charge in [0.05, 0.1) is 5.02 Å². The van der Waals surface area contributed by atoms with Crippen LogP contribution < -0.4 is 4.74 Å². The Kier molecular flexibility index (Phi) is 4.50. The van der Waals surface area contributed by atoms with Gasteiger partial charge in [-0.2, -0.15) is 0 Å². The molecule has 88 valence electrons. The van der Waals surface area contributed by atoms with E-state index in [2.05, 4.69) is 4.74 Å². The standard InChI is InChI=1S/C10H7Cl2F3O/c11-5-1-2-7-3-4-9(8(12)6-7)16-10(13,14)15/h1-4,6H,5H2. The summed E-state index contributed by atoms with van der Waals surface area (Å²) in [7, 11) is 0. The third-order valence-corrected chi connectivity index (χ3v) is 2.05. The van der Waals surface area contributed by atoms with Crippen molar-refractivity contribution >= 4 is 29.3 Å². The van der Waals surface area contributed by atoms with Gasteiger partial charge in [0, 0.05) is 5.88 Å². The molecule has 0 amide bonds. The van der Waals surface area contributed by atoms with Crippen LogP contribution in [0.1, 0.15) is 5.56 Å². The molecule has 0 aliphatic heterocycles. The highest BCUT2D eigenvalue weighted by Gasteiger charge is 2.31. The normalized spacial score (nSPS) is 12.1. The summed E-state index contributed by atoms with van der Waals surface area (Å²) in [5.41, 5.74) is 0.653. The van der Waals surface area contributed by atoms with Crippen LogP contribution in [0.3, 0.4) is 0 Å². The van der Waals surface area contributed by atoms with Crippen LogP contribution in [0.2, 0.25) is 5.02 Å². The monoisotopic (exact) mass is 270 g/mol. The number of rotatable bonds is 3. The van der Waals surface area contributed by atoms with E-state index in [1.165, 1.54) is 12.1 Å². The Balaban J connectivity index is 2.87. The highest BCUT2D eigenvalue weighted by molar-refractivity contribution is 6.32. The van der Waals surface area contributed by atoms with Crippen molar-refractivity contribution in [2.24, 2.45) is 0 Å². The third-order valence-electron chi connectivity index (χ3n) is 1.58. The molecule has 0 aliphatic rings. The van der Waals surface area contributed by atoms with Crippen molar-refractivity contribution in [3.8, 4) is 5.75 Å². The van der Waals surface area contributed by atoms with E-state index >= 15 is 0 Å². The Morgan fingerprint density at radius 2 is 2.00 bits per heavy atom. The molecule has 0 saturated carbocycles. The van der Waals surface area contributed by atoms with Crippen molar-refractivity contribution in [3.63, 3.8) is 0 Å². The van der Waals surface area contributed by atoms with E-state index in [1.54, 1.807) is 12.2 Å². The SMILES string of the molecule is FC(F)(F)Oc1ccc(C=CCCl)cc1Cl. The molecule has 0 atom stereocenters. The Hall–Kier alpha value is -0.870. The number of alkyl halides is 4. The van der Waals surface area contributed by atoms with Crippen molar-refractivity contribution in [1.29, 1.82) is 0 Å². The van der Waals surface area contributed by atoms with Crippen LogP contribution in [0, 0.1) is 0 Å². The number of allylic oxidation sites excluding steroid dienone is 1. The van der Waals surface area contributed by atoms with Gasteiger partial charge in [0.25, 0.3) is 0 Å². The molecular formula is C10H7Cl2F3O. The Morgan fingerprint density at radius 3 is 2.50 bits per heavy atom. The number of hydrogen-bond donors (Lipinski definition) is 0. The highest BCUT2D eigenvalue weighted by atomic mass is 35.5. The van der Waals surface area contributed by atoms with Gasteiger partial charge in [-0.05, 0) is 17.7 Å². The molecule has 0 aliphatic carbocycles. The first-order chi connectivity index (χ1) is 7.42. The lowest BCUT2D eigenvalue weighted by Gasteiger charge is -2.10. The minimum atomic E-state index is -4.74. The van der Waals surface area contributed by atoms with Gasteiger partial charge in [-0.25, -0.2) is 0 Å². The van der Waals surface area contributed by atoms with Gasteiger partial charge >= 0.3 is 6.36 Å². The summed E-state index contributed by atoms with van der Waals surface area (Å²) < 4.78 is 39.4. The smallest absolute Gasteiger partial charge is 0.404 e. The second kappa shape index (κ2) is 5.46. The van der Waals surface area contributed by atoms with E-state index < -0.39 is 12.1 Å². The molecular weight excluding hydrogens is 264 g/mol. The lowest BCUT2D eigenvalue weighted by molar-refractivity contribution is -0.274. The number of ether oxygens (including phenoxy) is 1. The molecule has 0 aromatic heterocycles. The minimum Gasteiger partial charge on any atom is -0.404 e. The molecule has 0 saturated heterocycles. The maximum Gasteiger partial charge on any atom is 0.573 e. The Bertz CT molecular complexity index is 388. The van der Waals surface area contributed by atoms with E-state index in [1.807, 2.05) is 0 Å². The van der Waals surface area contributed by atoms with E-state index in [9.17, 15) is 13.2 Å². The van der Waals surface area contributed by atoms with E-state index in [-0.39, 0.29) is 5.02 Å². The van der Waals surface area contributed by atoms with Gasteiger partial charge in [-0.15, -0.1) is 24.8 Å². The quantitative estimate of drug-likeness (QED) is 0.736. The molecule has 0 N–H and O–H groups in total. The van der Waals surface area contributed by atoms with Crippen molar-refractivity contribution in [3.05, 3.63) is 34.9 Å². The maximum absolute atomic E-state index is 11.9. The minimum absolute atomic E-state index is 0.103. The van der Waals surface area contributed by atoms with Crippen LogP contribution in [-0.2, 0) is 0 Å². The topological polar surface area (TPSA) is 9.23 Å². The zero-order valence-corrected chi connectivity index (χ0v) is 9.40. The van der Waals surface area contributed by atoms with Crippen LogP contribution in [0.5, 0.6) is 5.75 Å². The van der Waals surface area contributed by atoms with Crippen molar-refractivity contribution in [1.82, 2.24) is 0 Å². The van der Waals surface area contributed by atoms with Gasteiger partial charge in [0.2, 0.25) is 0 Å². The molecule has 0 fully saturated rings. The van der Waals surface area contributed by atoms with Gasteiger partial charge in [0.1, 0.15) is 5.75 Å². The summed E-state index contributed by atoms with van der Waals surface area (Å²) in [6.07, 6.45) is -1.44. The lowest BCUT2D eigenvalue weighted by Crippen LogP contribution is -2.17. The summed E-state index contributed by atoms with van der Waals surface area (Å²) in [4.78, 5) is 0. The summed E-state index contributed by atoms with van der Waals surface area (Å²) in [5, 5.41) is -0.103. The van der Waals surface area contributed by atoms with E-state index in [4.69, 9.17) is 23.2 Å². The van der Waals surface area contributed by atoms with Gasteiger partial charge in [0.15, 0.2) is 0 Å². The fourth-order valence-electron chi connectivity index (χ4n) is 1.01. The summed E-state index contributed by atoms with van der Waals surface area (Å²) in [6, 6.07) is 3.98. The van der Waals surface area contributed by atoms with Crippen molar-refractivity contribution < 1.29 is 17.9 Å². The van der Waals surface area contributed by atoms with Crippen LogP contribution >= 0.6 is 23.2 Å². The molecule has 1 aromatic rings. The Labute approximate surface area is 100 Å². The molecule has 1 rings (SSSR count). The first-order valence-electron chi connectivity index (χ1n) is 4.20. The van der Waals surface area contributed by atoms with E-state index in [0.717, 1.165) is 6.07 Å². The average Bonchev–Trinajstić information content (AvgIpc) is 2.17. The third kappa shape index (κ3) is 4.33. The average molecular weight is 271 g/mol. The van der Waals surface area contributed by atoms with Crippen LogP contribution in [0.4, 0.5) is 13.2 Å². The molecule has 0 unspecified atom stereocenters. The fraction of sp³-hybridized carbons (Fsp3) is 0.200. The zero-order chi connectivity index (χ0) is 12.2. The second-order valence-corrected chi connectivity index (χ2v) is 3.51. The molecule has 6 heteroatoms. The van der Waals surface area contributed by atoms with Gasteiger partial charge in [-0.1, -0.05) is 29.8 Å². The van der Waals surface area contributed by atoms with Crippen molar-refractivity contribution in [2.75, 3.05) is 5.88 Å². The van der Waals surface area contributed by atoms with Crippen LogP contribution in [0.15, 0.2) is 24.3 Å². The first-order valence-corrected chi connectivity index (χ1v) is 5.11. The molecule has 0 bridgehead atoms. The van der Waals surface area contributed by atoms with Crippen molar-refractivity contribution in [2.45, 2.75) is 6.36 Å². The molecule has 16 heavy (non-hydrogen) atoms. The zero-order valence-electron chi connectivity index (χ0n) is 7.89. The van der Waals surface area contributed by atoms with Gasteiger partial charge < -0.3 is 4.74 Å². The second-order valence-electron chi connectivity index (χ2n) is 2.79. The summed E-state index contributed by atoms with van der Waals surface area (Å²) in [6.45, 7) is 0. The first kappa shape index (κ1) is 13.2.